The Morgan fingerprint density at radius 2 is 1.73 bits per heavy atom. The molecule has 162 valence electrons. The van der Waals surface area contributed by atoms with Crippen molar-refractivity contribution in [2.24, 2.45) is 0 Å². The van der Waals surface area contributed by atoms with E-state index in [1.807, 2.05) is 19.9 Å². The number of ether oxygens (including phenoxy) is 3. The predicted octanol–water partition coefficient (Wildman–Crippen LogP) is 3.14. The highest BCUT2D eigenvalue weighted by atomic mass is 16.5. The maximum absolute atomic E-state index is 11.4. The van der Waals surface area contributed by atoms with Crippen LogP contribution in [-0.2, 0) is 11.3 Å². The summed E-state index contributed by atoms with van der Waals surface area (Å²) in [6.07, 6.45) is 5.02. The Morgan fingerprint density at radius 3 is 2.27 bits per heavy atom. The Hall–Kier alpha value is -2.87. The first-order chi connectivity index (χ1) is 14.6. The molecule has 1 aromatic heterocycles. The molecule has 1 aliphatic heterocycles. The first-order valence-corrected chi connectivity index (χ1v) is 10.4. The van der Waals surface area contributed by atoms with Crippen LogP contribution in [0.15, 0.2) is 30.6 Å². The van der Waals surface area contributed by atoms with Gasteiger partial charge in [-0.3, -0.25) is 4.90 Å². The summed E-state index contributed by atoms with van der Waals surface area (Å²) in [6, 6.07) is 6.45. The van der Waals surface area contributed by atoms with E-state index in [0.717, 1.165) is 44.0 Å². The van der Waals surface area contributed by atoms with E-state index in [1.54, 1.807) is 6.20 Å². The molecule has 1 aliphatic rings. The van der Waals surface area contributed by atoms with Gasteiger partial charge in [-0.1, -0.05) is 0 Å². The molecule has 0 saturated carbocycles. The highest BCUT2D eigenvalue weighted by Gasteiger charge is 2.20. The summed E-state index contributed by atoms with van der Waals surface area (Å²) in [5, 5.41) is 3.41. The number of anilines is 1. The van der Waals surface area contributed by atoms with Gasteiger partial charge in [-0.05, 0) is 44.4 Å². The minimum absolute atomic E-state index is 0.207. The number of carbonyl (C=O) groups is 1. The van der Waals surface area contributed by atoms with Crippen LogP contribution < -0.4 is 14.8 Å². The monoisotopic (exact) mass is 414 g/mol. The number of nitrogens with one attached hydrogen (secondary N) is 1. The molecule has 0 unspecified atom stereocenters. The van der Waals surface area contributed by atoms with E-state index in [4.69, 9.17) is 9.47 Å². The number of benzene rings is 1. The van der Waals surface area contributed by atoms with Crippen LogP contribution in [0.4, 0.5) is 5.82 Å². The smallest absolute Gasteiger partial charge is 0.358 e. The molecule has 0 spiro atoms. The average Bonchev–Trinajstić information content (AvgIpc) is 2.75. The van der Waals surface area contributed by atoms with E-state index < -0.39 is 5.97 Å². The molecule has 2 heterocycles. The van der Waals surface area contributed by atoms with E-state index >= 15 is 0 Å². The van der Waals surface area contributed by atoms with Crippen molar-refractivity contribution >= 4 is 11.8 Å². The molecular formula is C22H30N4O4. The van der Waals surface area contributed by atoms with Gasteiger partial charge in [0.15, 0.2) is 5.69 Å². The fourth-order valence-corrected chi connectivity index (χ4v) is 3.54. The van der Waals surface area contributed by atoms with Crippen molar-refractivity contribution in [1.29, 1.82) is 0 Å². The van der Waals surface area contributed by atoms with E-state index in [1.165, 1.54) is 18.9 Å². The molecular weight excluding hydrogens is 384 g/mol. The first-order valence-electron chi connectivity index (χ1n) is 10.4. The summed E-state index contributed by atoms with van der Waals surface area (Å²) in [5.74, 6) is 1.89. The van der Waals surface area contributed by atoms with Crippen molar-refractivity contribution in [3.63, 3.8) is 0 Å². The average molecular weight is 415 g/mol. The number of hydrogen-bond donors (Lipinski definition) is 1. The van der Waals surface area contributed by atoms with Gasteiger partial charge in [0.2, 0.25) is 0 Å². The molecule has 0 amide bonds. The molecule has 0 aliphatic carbocycles. The van der Waals surface area contributed by atoms with Gasteiger partial charge in [0.05, 0.1) is 32.7 Å². The van der Waals surface area contributed by atoms with Crippen LogP contribution in [0.25, 0.3) is 0 Å². The second-order valence-corrected chi connectivity index (χ2v) is 7.15. The summed E-state index contributed by atoms with van der Waals surface area (Å²) in [6.45, 7) is 8.06. The maximum atomic E-state index is 11.4. The van der Waals surface area contributed by atoms with Crippen LogP contribution in [0.2, 0.25) is 0 Å². The first kappa shape index (κ1) is 21.8. The second kappa shape index (κ2) is 10.8. The van der Waals surface area contributed by atoms with Crippen molar-refractivity contribution in [2.45, 2.75) is 39.3 Å². The van der Waals surface area contributed by atoms with Gasteiger partial charge in [-0.15, -0.1) is 0 Å². The standard InChI is InChI=1S/C22H30N4O4/c1-4-29-18-10-16(11-19(12-18)30-5-2)15-26-8-6-17(7-9-26)25-21-14-23-20(13-24-21)22(27)28-3/h10-14,17H,4-9,15H2,1-3H3,(H,24,25). The van der Waals surface area contributed by atoms with Crippen LogP contribution in [0.1, 0.15) is 42.7 Å². The second-order valence-electron chi connectivity index (χ2n) is 7.15. The summed E-state index contributed by atoms with van der Waals surface area (Å²) < 4.78 is 16.0. The fourth-order valence-electron chi connectivity index (χ4n) is 3.54. The molecule has 1 saturated heterocycles. The Kier molecular flexibility index (Phi) is 7.84. The van der Waals surface area contributed by atoms with E-state index in [-0.39, 0.29) is 5.69 Å². The number of piperidine rings is 1. The zero-order valence-corrected chi connectivity index (χ0v) is 17.9. The third kappa shape index (κ3) is 6.06. The quantitative estimate of drug-likeness (QED) is 0.627. The Morgan fingerprint density at radius 1 is 1.07 bits per heavy atom. The molecule has 0 atom stereocenters. The van der Waals surface area contributed by atoms with Crippen LogP contribution >= 0.6 is 0 Å². The number of likely N-dealkylation sites (tertiary alicyclic amines) is 1. The van der Waals surface area contributed by atoms with E-state index in [9.17, 15) is 4.79 Å². The third-order valence-corrected chi connectivity index (χ3v) is 4.95. The molecule has 1 aromatic carbocycles. The minimum atomic E-state index is -0.483. The van der Waals surface area contributed by atoms with Gasteiger partial charge >= 0.3 is 5.97 Å². The van der Waals surface area contributed by atoms with E-state index in [2.05, 4.69) is 37.1 Å². The normalized spacial score (nSPS) is 14.9. The lowest BCUT2D eigenvalue weighted by Gasteiger charge is -2.32. The van der Waals surface area contributed by atoms with Crippen molar-refractivity contribution in [2.75, 3.05) is 38.7 Å². The molecule has 8 nitrogen and oxygen atoms in total. The molecule has 3 rings (SSSR count). The number of hydrogen-bond acceptors (Lipinski definition) is 8. The topological polar surface area (TPSA) is 85.8 Å². The number of methoxy groups -OCH3 is 1. The third-order valence-electron chi connectivity index (χ3n) is 4.95. The Balaban J connectivity index is 1.52. The number of esters is 1. The van der Waals surface area contributed by atoms with Gasteiger partial charge in [0.25, 0.3) is 0 Å². The molecule has 0 bridgehead atoms. The number of nitrogens with zero attached hydrogens (tertiary/aromatic N) is 3. The lowest BCUT2D eigenvalue weighted by Crippen LogP contribution is -2.38. The van der Waals surface area contributed by atoms with Crippen LogP contribution in [0, 0.1) is 0 Å². The minimum Gasteiger partial charge on any atom is -0.494 e. The molecule has 8 heteroatoms. The highest BCUT2D eigenvalue weighted by molar-refractivity contribution is 5.86. The summed E-state index contributed by atoms with van der Waals surface area (Å²) in [5.41, 5.74) is 1.40. The van der Waals surface area contributed by atoms with Gasteiger partial charge in [-0.2, -0.15) is 0 Å². The lowest BCUT2D eigenvalue weighted by atomic mass is 10.0. The van der Waals surface area contributed by atoms with E-state index in [0.29, 0.717) is 25.1 Å². The van der Waals surface area contributed by atoms with Crippen molar-refractivity contribution in [3.8, 4) is 11.5 Å². The lowest BCUT2D eigenvalue weighted by molar-refractivity contribution is 0.0593. The maximum Gasteiger partial charge on any atom is 0.358 e. The Bertz CT molecular complexity index is 796. The molecule has 0 radical (unpaired) electrons. The van der Waals surface area contributed by atoms with Crippen molar-refractivity contribution in [1.82, 2.24) is 14.9 Å². The number of rotatable bonds is 9. The number of carbonyl (C=O) groups excluding carboxylic acids is 1. The SMILES string of the molecule is CCOc1cc(CN2CCC(Nc3cnc(C(=O)OC)cn3)CC2)cc(OCC)c1. The zero-order valence-electron chi connectivity index (χ0n) is 17.9. The zero-order chi connectivity index (χ0) is 21.3. The van der Waals surface area contributed by atoms with Gasteiger partial charge in [0, 0.05) is 31.7 Å². The molecule has 1 fully saturated rings. The fraction of sp³-hybridized carbons (Fsp3) is 0.500. The van der Waals surface area contributed by atoms with Crippen molar-refractivity contribution in [3.05, 3.63) is 41.9 Å². The van der Waals surface area contributed by atoms with Crippen LogP contribution in [0.5, 0.6) is 11.5 Å². The molecule has 2 aromatic rings. The van der Waals surface area contributed by atoms with Crippen LogP contribution in [0.3, 0.4) is 0 Å². The Labute approximate surface area is 177 Å². The molecule has 1 N–H and O–H groups in total. The molecule has 30 heavy (non-hydrogen) atoms. The van der Waals surface area contributed by atoms with Gasteiger partial charge in [-0.25, -0.2) is 14.8 Å². The van der Waals surface area contributed by atoms with Gasteiger partial charge < -0.3 is 19.5 Å². The summed E-state index contributed by atoms with van der Waals surface area (Å²) >= 11 is 0. The van der Waals surface area contributed by atoms with Gasteiger partial charge in [0.1, 0.15) is 17.3 Å². The number of aromatic nitrogens is 2. The summed E-state index contributed by atoms with van der Waals surface area (Å²) in [4.78, 5) is 22.3. The van der Waals surface area contributed by atoms with Crippen LogP contribution in [-0.4, -0.2) is 60.3 Å². The largest absolute Gasteiger partial charge is 0.494 e. The predicted molar refractivity (Wildman–Crippen MR) is 114 cm³/mol. The summed E-state index contributed by atoms with van der Waals surface area (Å²) in [7, 11) is 1.33. The highest BCUT2D eigenvalue weighted by Crippen LogP contribution is 2.25. The van der Waals surface area contributed by atoms with Crippen molar-refractivity contribution < 1.29 is 19.0 Å².